The lowest BCUT2D eigenvalue weighted by Crippen LogP contribution is -2.43. The Balaban J connectivity index is 2.03. The fourth-order valence-corrected chi connectivity index (χ4v) is 2.20. The van der Waals surface area contributed by atoms with E-state index in [0.717, 1.165) is 6.42 Å². The van der Waals surface area contributed by atoms with Crippen molar-refractivity contribution in [3.05, 3.63) is 24.0 Å². The highest BCUT2D eigenvalue weighted by atomic mass is 16.5. The standard InChI is InChI=1S/C14H20N4O3/c1-9-5-6-21-10(2)8-18(9)14(20)17-11-3-4-12(13(15)19)16-7-11/h3-4,7,9-10H,5-6,8H2,1-2H3,(H2,15,19)(H,17,20)/t9-,10-/m1/s1. The minimum Gasteiger partial charge on any atom is -0.377 e. The summed E-state index contributed by atoms with van der Waals surface area (Å²) in [4.78, 5) is 28.9. The van der Waals surface area contributed by atoms with E-state index in [2.05, 4.69) is 10.3 Å². The van der Waals surface area contributed by atoms with E-state index in [4.69, 9.17) is 10.5 Å². The van der Waals surface area contributed by atoms with Crippen molar-refractivity contribution in [2.24, 2.45) is 5.73 Å². The summed E-state index contributed by atoms with van der Waals surface area (Å²) >= 11 is 0. The Hall–Kier alpha value is -2.15. The van der Waals surface area contributed by atoms with Crippen LogP contribution in [0.2, 0.25) is 0 Å². The van der Waals surface area contributed by atoms with Crippen molar-refractivity contribution in [2.45, 2.75) is 32.4 Å². The molecule has 1 fully saturated rings. The van der Waals surface area contributed by atoms with E-state index < -0.39 is 5.91 Å². The second-order valence-electron chi connectivity index (χ2n) is 5.20. The number of primary amides is 1. The van der Waals surface area contributed by atoms with Gasteiger partial charge in [-0.25, -0.2) is 9.78 Å². The molecule has 7 nitrogen and oxygen atoms in total. The van der Waals surface area contributed by atoms with Crippen molar-refractivity contribution in [3.63, 3.8) is 0 Å². The van der Waals surface area contributed by atoms with Crippen LogP contribution in [0.25, 0.3) is 0 Å². The highest BCUT2D eigenvalue weighted by Gasteiger charge is 2.25. The summed E-state index contributed by atoms with van der Waals surface area (Å²) in [7, 11) is 0. The van der Waals surface area contributed by atoms with Gasteiger partial charge in [0.2, 0.25) is 0 Å². The zero-order chi connectivity index (χ0) is 15.4. The Bertz CT molecular complexity index is 517. The van der Waals surface area contributed by atoms with Gasteiger partial charge in [0.1, 0.15) is 5.69 Å². The molecule has 7 heteroatoms. The number of carbonyl (C=O) groups excluding carboxylic acids is 2. The number of pyridine rings is 1. The molecule has 114 valence electrons. The van der Waals surface area contributed by atoms with Gasteiger partial charge in [-0.15, -0.1) is 0 Å². The lowest BCUT2D eigenvalue weighted by atomic mass is 10.2. The quantitative estimate of drug-likeness (QED) is 0.856. The Morgan fingerprint density at radius 3 is 2.81 bits per heavy atom. The van der Waals surface area contributed by atoms with E-state index in [1.165, 1.54) is 12.3 Å². The Kier molecular flexibility index (Phi) is 4.74. The van der Waals surface area contributed by atoms with Crippen LogP contribution in [-0.2, 0) is 4.74 Å². The zero-order valence-corrected chi connectivity index (χ0v) is 12.2. The van der Waals surface area contributed by atoms with Gasteiger partial charge in [0.25, 0.3) is 5.91 Å². The number of nitrogens with one attached hydrogen (secondary N) is 1. The molecule has 3 amide bonds. The first kappa shape index (κ1) is 15.2. The minimum absolute atomic E-state index is 0.0102. The molecule has 2 rings (SSSR count). The molecule has 0 bridgehead atoms. The summed E-state index contributed by atoms with van der Waals surface area (Å²) in [5, 5.41) is 2.77. The van der Waals surface area contributed by atoms with E-state index >= 15 is 0 Å². The van der Waals surface area contributed by atoms with Crippen LogP contribution in [0.5, 0.6) is 0 Å². The number of ether oxygens (including phenoxy) is 1. The minimum atomic E-state index is -0.597. The third kappa shape index (κ3) is 3.91. The van der Waals surface area contributed by atoms with Crippen molar-refractivity contribution >= 4 is 17.6 Å². The van der Waals surface area contributed by atoms with E-state index in [0.29, 0.717) is 18.8 Å². The zero-order valence-electron chi connectivity index (χ0n) is 12.2. The van der Waals surface area contributed by atoms with Crippen molar-refractivity contribution in [1.29, 1.82) is 0 Å². The maximum Gasteiger partial charge on any atom is 0.322 e. The van der Waals surface area contributed by atoms with Crippen molar-refractivity contribution in [3.8, 4) is 0 Å². The number of aromatic nitrogens is 1. The van der Waals surface area contributed by atoms with E-state index in [1.807, 2.05) is 13.8 Å². The maximum absolute atomic E-state index is 12.3. The highest BCUT2D eigenvalue weighted by molar-refractivity contribution is 5.92. The number of carbonyl (C=O) groups is 2. The number of nitrogens with zero attached hydrogens (tertiary/aromatic N) is 2. The molecule has 3 N–H and O–H groups in total. The fraction of sp³-hybridized carbons (Fsp3) is 0.500. The Morgan fingerprint density at radius 1 is 1.43 bits per heavy atom. The van der Waals surface area contributed by atoms with Gasteiger partial charge in [-0.1, -0.05) is 0 Å². The predicted molar refractivity (Wildman–Crippen MR) is 78.0 cm³/mol. The molecule has 2 heterocycles. The van der Waals surface area contributed by atoms with Crippen LogP contribution in [0.1, 0.15) is 30.8 Å². The second-order valence-corrected chi connectivity index (χ2v) is 5.20. The third-order valence-corrected chi connectivity index (χ3v) is 3.45. The average molecular weight is 292 g/mol. The van der Waals surface area contributed by atoms with Crippen LogP contribution in [0.4, 0.5) is 10.5 Å². The van der Waals surface area contributed by atoms with Crippen LogP contribution >= 0.6 is 0 Å². The monoisotopic (exact) mass is 292 g/mol. The largest absolute Gasteiger partial charge is 0.377 e. The molecule has 1 aliphatic heterocycles. The molecule has 1 aromatic rings. The van der Waals surface area contributed by atoms with Gasteiger partial charge in [0, 0.05) is 19.2 Å². The average Bonchev–Trinajstić information content (AvgIpc) is 2.61. The normalized spacial score (nSPS) is 22.5. The molecule has 1 aromatic heterocycles. The molecule has 0 spiro atoms. The lowest BCUT2D eigenvalue weighted by molar-refractivity contribution is 0.0717. The number of nitrogens with two attached hydrogens (primary N) is 1. The Morgan fingerprint density at radius 2 is 2.19 bits per heavy atom. The number of rotatable bonds is 2. The van der Waals surface area contributed by atoms with Crippen LogP contribution < -0.4 is 11.1 Å². The molecule has 0 aromatic carbocycles. The van der Waals surface area contributed by atoms with Gasteiger partial charge < -0.3 is 20.7 Å². The molecule has 21 heavy (non-hydrogen) atoms. The summed E-state index contributed by atoms with van der Waals surface area (Å²) in [6.07, 6.45) is 2.23. The van der Waals surface area contributed by atoms with Crippen molar-refractivity contribution in [2.75, 3.05) is 18.5 Å². The summed E-state index contributed by atoms with van der Waals surface area (Å²) in [6, 6.07) is 2.99. The molecule has 1 saturated heterocycles. The molecular formula is C14H20N4O3. The van der Waals surface area contributed by atoms with Crippen LogP contribution in [0.15, 0.2) is 18.3 Å². The first-order valence-corrected chi connectivity index (χ1v) is 6.92. The van der Waals surface area contributed by atoms with Gasteiger partial charge in [-0.3, -0.25) is 4.79 Å². The smallest absolute Gasteiger partial charge is 0.322 e. The predicted octanol–water partition coefficient (Wildman–Crippen LogP) is 1.21. The number of hydrogen-bond acceptors (Lipinski definition) is 4. The molecular weight excluding hydrogens is 272 g/mol. The van der Waals surface area contributed by atoms with Gasteiger partial charge in [-0.2, -0.15) is 0 Å². The van der Waals surface area contributed by atoms with Crippen molar-refractivity contribution in [1.82, 2.24) is 9.88 Å². The van der Waals surface area contributed by atoms with E-state index in [9.17, 15) is 9.59 Å². The molecule has 0 radical (unpaired) electrons. The van der Waals surface area contributed by atoms with Gasteiger partial charge >= 0.3 is 6.03 Å². The first-order valence-electron chi connectivity index (χ1n) is 6.92. The SMILES string of the molecule is C[C@@H]1CN(C(=O)Nc2ccc(C(N)=O)nc2)[C@H](C)CCO1. The van der Waals surface area contributed by atoms with Crippen LogP contribution in [-0.4, -0.2) is 47.1 Å². The fourth-order valence-electron chi connectivity index (χ4n) is 2.20. The van der Waals surface area contributed by atoms with Gasteiger partial charge in [0.15, 0.2) is 0 Å². The van der Waals surface area contributed by atoms with Gasteiger partial charge in [0.05, 0.1) is 18.0 Å². The summed E-state index contributed by atoms with van der Waals surface area (Å²) in [5.41, 5.74) is 5.81. The summed E-state index contributed by atoms with van der Waals surface area (Å²) in [6.45, 7) is 5.14. The van der Waals surface area contributed by atoms with E-state index in [-0.39, 0.29) is 23.9 Å². The third-order valence-electron chi connectivity index (χ3n) is 3.45. The molecule has 0 aliphatic carbocycles. The topological polar surface area (TPSA) is 97.6 Å². The molecule has 0 saturated carbocycles. The first-order chi connectivity index (χ1) is 9.97. The molecule has 2 atom stereocenters. The van der Waals surface area contributed by atoms with Gasteiger partial charge in [-0.05, 0) is 32.4 Å². The van der Waals surface area contributed by atoms with Crippen LogP contribution in [0, 0.1) is 0 Å². The second kappa shape index (κ2) is 6.53. The van der Waals surface area contributed by atoms with Crippen molar-refractivity contribution < 1.29 is 14.3 Å². The maximum atomic E-state index is 12.3. The number of hydrogen-bond donors (Lipinski definition) is 2. The summed E-state index contributed by atoms with van der Waals surface area (Å²) in [5.74, 6) is -0.597. The number of urea groups is 1. The Labute approximate surface area is 123 Å². The molecule has 0 unspecified atom stereocenters. The highest BCUT2D eigenvalue weighted by Crippen LogP contribution is 2.15. The van der Waals surface area contributed by atoms with Crippen LogP contribution in [0.3, 0.4) is 0 Å². The lowest BCUT2D eigenvalue weighted by Gasteiger charge is -2.28. The number of anilines is 1. The number of amides is 3. The van der Waals surface area contributed by atoms with E-state index in [1.54, 1.807) is 11.0 Å². The summed E-state index contributed by atoms with van der Waals surface area (Å²) < 4.78 is 5.56. The molecule has 1 aliphatic rings.